The van der Waals surface area contributed by atoms with Gasteiger partial charge < -0.3 is 4.74 Å². The number of nitrogens with zero attached hydrogens (tertiary/aromatic N) is 2. The molecule has 126 valence electrons. The zero-order valence-corrected chi connectivity index (χ0v) is 12.9. The number of pyridine rings is 1. The number of non-ortho nitro benzene ring substituents is 1. The van der Waals surface area contributed by atoms with Crippen molar-refractivity contribution in [2.24, 2.45) is 0 Å². The largest absolute Gasteiger partial charge is 0.465 e. The number of carbonyl (C=O) groups excluding carboxylic acids is 1. The van der Waals surface area contributed by atoms with E-state index in [0.29, 0.717) is 6.20 Å². The fourth-order valence-electron chi connectivity index (χ4n) is 1.71. The molecule has 0 atom stereocenters. The molecule has 0 spiro atoms. The first-order valence-corrected chi connectivity index (χ1v) is 7.12. The number of alkyl halides is 3. The average Bonchev–Trinajstić information content (AvgIpc) is 2.54. The van der Waals surface area contributed by atoms with Crippen molar-refractivity contribution in [3.05, 3.63) is 57.8 Å². The number of ether oxygens (including phenoxy) is 1. The number of hydrogen-bond donors (Lipinski definition) is 0. The first-order chi connectivity index (χ1) is 11.2. The minimum Gasteiger partial charge on any atom is -0.465 e. The maximum atomic E-state index is 12.5. The van der Waals surface area contributed by atoms with Gasteiger partial charge in [0.25, 0.3) is 5.69 Å². The predicted octanol–water partition coefficient (Wildman–Crippen LogP) is 3.95. The SMILES string of the molecule is COC(=O)c1cc([N+](=O)[O-])ccc1Sc1ccc(C(F)(F)F)cn1. The second-order valence-electron chi connectivity index (χ2n) is 4.41. The first-order valence-electron chi connectivity index (χ1n) is 6.30. The summed E-state index contributed by atoms with van der Waals surface area (Å²) in [6, 6.07) is 5.54. The molecule has 10 heteroatoms. The minimum absolute atomic E-state index is 0.0709. The van der Waals surface area contributed by atoms with Crippen molar-refractivity contribution < 1.29 is 27.6 Å². The summed E-state index contributed by atoms with van der Waals surface area (Å²) in [5.41, 5.74) is -1.28. The van der Waals surface area contributed by atoms with Gasteiger partial charge in [-0.25, -0.2) is 9.78 Å². The summed E-state index contributed by atoms with van der Waals surface area (Å²) in [7, 11) is 1.12. The Labute approximate surface area is 137 Å². The molecule has 0 N–H and O–H groups in total. The normalized spacial score (nSPS) is 11.2. The summed E-state index contributed by atoms with van der Waals surface area (Å²) >= 11 is 0.896. The Morgan fingerprint density at radius 3 is 2.50 bits per heavy atom. The maximum absolute atomic E-state index is 12.5. The van der Waals surface area contributed by atoms with Gasteiger partial charge >= 0.3 is 12.1 Å². The van der Waals surface area contributed by atoms with Crippen LogP contribution < -0.4 is 0 Å². The molecule has 0 saturated carbocycles. The molecule has 0 aliphatic rings. The van der Waals surface area contributed by atoms with Crippen LogP contribution in [0, 0.1) is 10.1 Å². The molecule has 6 nitrogen and oxygen atoms in total. The van der Waals surface area contributed by atoms with Crippen molar-refractivity contribution in [2.75, 3.05) is 7.11 Å². The highest BCUT2D eigenvalue weighted by Gasteiger charge is 2.30. The summed E-state index contributed by atoms with van der Waals surface area (Å²) < 4.78 is 42.1. The van der Waals surface area contributed by atoms with E-state index in [-0.39, 0.29) is 21.2 Å². The number of carbonyl (C=O) groups is 1. The van der Waals surface area contributed by atoms with E-state index in [0.717, 1.165) is 37.1 Å². The maximum Gasteiger partial charge on any atom is 0.417 e. The van der Waals surface area contributed by atoms with E-state index >= 15 is 0 Å². The van der Waals surface area contributed by atoms with Crippen LogP contribution in [0.2, 0.25) is 0 Å². The van der Waals surface area contributed by atoms with Crippen LogP contribution in [0.25, 0.3) is 0 Å². The number of aromatic nitrogens is 1. The molecular weight excluding hydrogens is 349 g/mol. The van der Waals surface area contributed by atoms with E-state index < -0.39 is 22.6 Å². The van der Waals surface area contributed by atoms with E-state index in [1.54, 1.807) is 0 Å². The van der Waals surface area contributed by atoms with Gasteiger partial charge in [-0.05, 0) is 18.2 Å². The summed E-state index contributed by atoms with van der Waals surface area (Å²) in [6.07, 6.45) is -3.83. The monoisotopic (exact) mass is 358 g/mol. The molecule has 24 heavy (non-hydrogen) atoms. The number of benzene rings is 1. The van der Waals surface area contributed by atoms with Gasteiger partial charge in [0.05, 0.1) is 23.2 Å². The van der Waals surface area contributed by atoms with Crippen LogP contribution in [0.1, 0.15) is 15.9 Å². The first kappa shape index (κ1) is 17.7. The molecule has 0 radical (unpaired) electrons. The number of rotatable bonds is 4. The highest BCUT2D eigenvalue weighted by molar-refractivity contribution is 7.99. The smallest absolute Gasteiger partial charge is 0.417 e. The van der Waals surface area contributed by atoms with Gasteiger partial charge in [0.15, 0.2) is 0 Å². The number of methoxy groups -OCH3 is 1. The zero-order chi connectivity index (χ0) is 17.9. The fourth-order valence-corrected chi connectivity index (χ4v) is 2.57. The lowest BCUT2D eigenvalue weighted by molar-refractivity contribution is -0.384. The molecular formula is C14H9F3N2O4S. The molecule has 1 aromatic heterocycles. The third-order valence-electron chi connectivity index (χ3n) is 2.86. The molecule has 1 aromatic carbocycles. The molecule has 0 saturated heterocycles. The molecule has 0 aliphatic carbocycles. The Morgan fingerprint density at radius 2 is 2.00 bits per heavy atom. The predicted molar refractivity (Wildman–Crippen MR) is 77.8 cm³/mol. The van der Waals surface area contributed by atoms with Crippen LogP contribution >= 0.6 is 11.8 Å². The number of halogens is 3. The third-order valence-corrected chi connectivity index (χ3v) is 3.88. The standard InChI is InChI=1S/C14H9F3N2O4S/c1-23-13(20)10-6-9(19(21)22)3-4-11(10)24-12-5-2-8(7-18-12)14(15,16)17/h2-7H,1H3. The van der Waals surface area contributed by atoms with Gasteiger partial charge in [0, 0.05) is 23.2 Å². The Hall–Kier alpha value is -2.62. The Bertz CT molecular complexity index is 779. The number of nitro benzene ring substituents is 1. The third kappa shape index (κ3) is 4.02. The van der Waals surface area contributed by atoms with Gasteiger partial charge in [-0.2, -0.15) is 13.2 Å². The summed E-state index contributed by atoms with van der Waals surface area (Å²) in [5.74, 6) is -0.798. The lowest BCUT2D eigenvalue weighted by atomic mass is 10.2. The van der Waals surface area contributed by atoms with Crippen molar-refractivity contribution in [1.82, 2.24) is 4.98 Å². The van der Waals surface area contributed by atoms with Crippen molar-refractivity contribution in [3.63, 3.8) is 0 Å². The van der Waals surface area contributed by atoms with E-state index in [1.807, 2.05) is 0 Å². The van der Waals surface area contributed by atoms with Gasteiger partial charge in [-0.3, -0.25) is 10.1 Å². The van der Waals surface area contributed by atoms with Gasteiger partial charge in [0.2, 0.25) is 0 Å². The molecule has 0 bridgehead atoms. The van der Waals surface area contributed by atoms with Crippen LogP contribution in [0.15, 0.2) is 46.5 Å². The molecule has 0 fully saturated rings. The average molecular weight is 358 g/mol. The summed E-state index contributed by atoms with van der Waals surface area (Å²) in [6.45, 7) is 0. The molecule has 0 unspecified atom stereocenters. The molecule has 0 amide bonds. The van der Waals surface area contributed by atoms with Crippen molar-refractivity contribution >= 4 is 23.4 Å². The van der Waals surface area contributed by atoms with Crippen molar-refractivity contribution in [2.45, 2.75) is 16.1 Å². The Kier molecular flexibility index (Phi) is 5.07. The number of nitro groups is 1. The van der Waals surface area contributed by atoms with Crippen LogP contribution in [0.5, 0.6) is 0 Å². The summed E-state index contributed by atoms with van der Waals surface area (Å²) in [4.78, 5) is 25.8. The molecule has 2 rings (SSSR count). The summed E-state index contributed by atoms with van der Waals surface area (Å²) in [5, 5.41) is 11.0. The second kappa shape index (κ2) is 6.87. The second-order valence-corrected chi connectivity index (χ2v) is 5.48. The van der Waals surface area contributed by atoms with E-state index in [2.05, 4.69) is 9.72 Å². The van der Waals surface area contributed by atoms with Gasteiger partial charge in [0.1, 0.15) is 5.03 Å². The minimum atomic E-state index is -4.50. The van der Waals surface area contributed by atoms with Gasteiger partial charge in [-0.15, -0.1) is 0 Å². The van der Waals surface area contributed by atoms with Crippen LogP contribution in [-0.4, -0.2) is 23.0 Å². The fraction of sp³-hybridized carbons (Fsp3) is 0.143. The van der Waals surface area contributed by atoms with Crippen LogP contribution in [-0.2, 0) is 10.9 Å². The highest BCUT2D eigenvalue weighted by Crippen LogP contribution is 2.34. The van der Waals surface area contributed by atoms with Crippen molar-refractivity contribution in [1.29, 1.82) is 0 Å². The number of hydrogen-bond acceptors (Lipinski definition) is 6. The zero-order valence-electron chi connectivity index (χ0n) is 12.0. The lowest BCUT2D eigenvalue weighted by Crippen LogP contribution is -2.06. The van der Waals surface area contributed by atoms with Crippen LogP contribution in [0.4, 0.5) is 18.9 Å². The Morgan fingerprint density at radius 1 is 1.29 bits per heavy atom. The van der Waals surface area contributed by atoms with E-state index in [9.17, 15) is 28.1 Å². The molecule has 2 aromatic rings. The Balaban J connectivity index is 2.35. The van der Waals surface area contributed by atoms with E-state index in [4.69, 9.17) is 0 Å². The van der Waals surface area contributed by atoms with Gasteiger partial charge in [-0.1, -0.05) is 11.8 Å². The number of esters is 1. The quantitative estimate of drug-likeness (QED) is 0.468. The highest BCUT2D eigenvalue weighted by atomic mass is 32.2. The van der Waals surface area contributed by atoms with Crippen LogP contribution in [0.3, 0.4) is 0 Å². The molecule has 0 aliphatic heterocycles. The van der Waals surface area contributed by atoms with E-state index in [1.165, 1.54) is 12.1 Å². The van der Waals surface area contributed by atoms with Crippen molar-refractivity contribution in [3.8, 4) is 0 Å². The topological polar surface area (TPSA) is 82.3 Å². The lowest BCUT2D eigenvalue weighted by Gasteiger charge is -2.09. The molecule has 1 heterocycles.